The van der Waals surface area contributed by atoms with Crippen LogP contribution in [0.4, 0.5) is 0 Å². The van der Waals surface area contributed by atoms with E-state index in [0.29, 0.717) is 33.8 Å². The Morgan fingerprint density at radius 3 is 1.98 bits per heavy atom. The number of aromatic nitrogens is 3. The summed E-state index contributed by atoms with van der Waals surface area (Å²) in [5.41, 5.74) is 12.5. The number of para-hydroxylation sites is 1. The fourth-order valence-electron chi connectivity index (χ4n) is 8.44. The number of fused-ring (bicyclic) bond motifs is 1. The van der Waals surface area contributed by atoms with Crippen molar-refractivity contribution < 1.29 is 33.0 Å². The maximum absolute atomic E-state index is 12.5. The molecule has 8 aromatic rings. The van der Waals surface area contributed by atoms with Crippen molar-refractivity contribution in [1.82, 2.24) is 14.5 Å². The van der Waals surface area contributed by atoms with Crippen LogP contribution < -0.4 is 0 Å². The molecule has 1 N–H and O–H groups in total. The Morgan fingerprint density at radius 2 is 1.32 bits per heavy atom. The molecule has 0 aliphatic rings. The van der Waals surface area contributed by atoms with E-state index in [9.17, 15) is 5.11 Å². The van der Waals surface area contributed by atoms with Crippen LogP contribution in [0.25, 0.3) is 72.7 Å². The van der Waals surface area contributed by atoms with E-state index >= 15 is 0 Å². The van der Waals surface area contributed by atoms with Gasteiger partial charge in [0.25, 0.3) is 0 Å². The number of hydrogen-bond donors (Lipinski definition) is 1. The molecule has 0 fully saturated rings. The molecule has 0 saturated carbocycles. The van der Waals surface area contributed by atoms with Gasteiger partial charge in [0.05, 0.1) is 22.3 Å². The van der Waals surface area contributed by atoms with E-state index in [1.807, 2.05) is 105 Å². The monoisotopic (exact) mass is 1040 g/mol. The van der Waals surface area contributed by atoms with E-state index in [0.717, 1.165) is 66.8 Å². The molecular weight excluding hydrogens is 974 g/mol. The molecule has 336 valence electrons. The zero-order valence-corrected chi connectivity index (χ0v) is 42.1. The Kier molecular flexibility index (Phi) is 11.6. The van der Waals surface area contributed by atoms with Gasteiger partial charge in [0.1, 0.15) is 11.6 Å². The van der Waals surface area contributed by atoms with Crippen LogP contribution in [0.1, 0.15) is 141 Å². The number of aromatic hydroxyl groups is 1. The third-order valence-electron chi connectivity index (χ3n) is 12.4. The van der Waals surface area contributed by atoms with Gasteiger partial charge in [-0.3, -0.25) is 9.55 Å². The Bertz CT molecular complexity index is 3230. The average molecular weight is 1040 g/mol. The minimum atomic E-state index is -2.57. The van der Waals surface area contributed by atoms with E-state index in [4.69, 9.17) is 16.8 Å². The molecule has 0 amide bonds. The number of benzene rings is 6. The summed E-state index contributed by atoms with van der Waals surface area (Å²) in [4.78, 5) is 10.3. The summed E-state index contributed by atoms with van der Waals surface area (Å²) in [5, 5.41) is 12.5. The number of phenolic OH excluding ortho intramolecular Hbond substituents is 1. The molecule has 4 nitrogen and oxygen atoms in total. The van der Waals surface area contributed by atoms with E-state index in [1.165, 1.54) is 0 Å². The Balaban J connectivity index is 0.00000722. The summed E-state index contributed by atoms with van der Waals surface area (Å²) in [6.45, 7) is 21.8. The van der Waals surface area contributed by atoms with Gasteiger partial charge in [0.2, 0.25) is 0 Å². The van der Waals surface area contributed by atoms with Crippen LogP contribution in [0.5, 0.6) is 5.75 Å². The molecule has 0 aliphatic heterocycles. The first-order chi connectivity index (χ1) is 32.1. The van der Waals surface area contributed by atoms with Crippen LogP contribution in [-0.2, 0) is 31.9 Å². The van der Waals surface area contributed by atoms with Gasteiger partial charge >= 0.3 is 0 Å². The van der Waals surface area contributed by atoms with Crippen LogP contribution in [-0.4, -0.2) is 19.6 Å². The quantitative estimate of drug-likeness (QED) is 0.147. The Hall–Kier alpha value is -5.57. The van der Waals surface area contributed by atoms with E-state index in [1.54, 1.807) is 12.3 Å². The molecule has 5 heteroatoms. The zero-order chi connectivity index (χ0) is 50.2. The molecule has 0 aliphatic carbocycles. The summed E-state index contributed by atoms with van der Waals surface area (Å²) in [5.74, 6) is -1.05. The molecule has 0 bridgehead atoms. The van der Waals surface area contributed by atoms with Crippen molar-refractivity contribution in [3.8, 4) is 67.5 Å². The second-order valence-corrected chi connectivity index (χ2v) is 20.1. The SMILES string of the molecule is [2H]C([2H])([2H])c1cc(-c2cc(C(C)C)cc(C([2H])(C)C)c2)ccc1-n1c(-c2cc(C(C)(C)C)cc(C(C)(C)C)c2O)nc2c(-c3[c-]c(-c4cc(C([2H])(C)C)ccn4)cc(-c4ccccc4)c3)cccc21.[Pt]. The summed E-state index contributed by atoms with van der Waals surface area (Å²) in [6.07, 6.45) is 1.74. The number of hydrogen-bond acceptors (Lipinski definition) is 3. The summed E-state index contributed by atoms with van der Waals surface area (Å²) in [6, 6.07) is 43.6. The maximum Gasteiger partial charge on any atom is 0.148 e. The van der Waals surface area contributed by atoms with E-state index in [-0.39, 0.29) is 43.7 Å². The average Bonchev–Trinajstić information content (AvgIpc) is 3.66. The number of imidazole rings is 1. The van der Waals surface area contributed by atoms with Crippen LogP contribution in [0.3, 0.4) is 0 Å². The van der Waals surface area contributed by atoms with Crippen LogP contribution in [0, 0.1) is 12.9 Å². The number of rotatable bonds is 9. The van der Waals surface area contributed by atoms with Gasteiger partial charge in [-0.25, -0.2) is 4.98 Å². The summed E-state index contributed by atoms with van der Waals surface area (Å²) in [7, 11) is 0. The normalized spacial score (nSPS) is 13.8. The molecule has 6 aromatic carbocycles. The molecule has 0 atom stereocenters. The second kappa shape index (κ2) is 18.4. The maximum atomic E-state index is 12.5. The van der Waals surface area contributed by atoms with Crippen molar-refractivity contribution in [3.63, 3.8) is 0 Å². The fourth-order valence-corrected chi connectivity index (χ4v) is 8.44. The van der Waals surface area contributed by atoms with Gasteiger partial charge < -0.3 is 5.11 Å². The predicted octanol–water partition coefficient (Wildman–Crippen LogP) is 16.5. The smallest absolute Gasteiger partial charge is 0.148 e. The van der Waals surface area contributed by atoms with Crippen LogP contribution >= 0.6 is 0 Å². The third-order valence-corrected chi connectivity index (χ3v) is 12.4. The van der Waals surface area contributed by atoms with Gasteiger partial charge in [-0.15, -0.1) is 23.8 Å². The van der Waals surface area contributed by atoms with Crippen molar-refractivity contribution in [2.24, 2.45) is 0 Å². The standard InChI is InChI=1S/C60H64N3O.Pt/c1-36(2)41-24-25-61-53(33-41)48-31-45(40-18-15-14-16-19-40)30-47(32-48)50-20-17-21-55-56(50)62-58(51-34-49(59(8,9)10)35-52(57(51)64)60(11,12)13)63(55)54-23-22-42(26-39(54)7)46-28-43(37(3)4)27-44(29-46)38(5)6;/h14-31,33-38,64H,1-13H3;/q-1;/i7D3,36D,37D;. The summed E-state index contributed by atoms with van der Waals surface area (Å²) >= 11 is 0. The van der Waals surface area contributed by atoms with Gasteiger partial charge in [0.15, 0.2) is 0 Å². The molecule has 0 radical (unpaired) electrons. The number of aryl methyl sites for hydroxylation is 1. The third kappa shape index (κ3) is 9.57. The van der Waals surface area contributed by atoms with Gasteiger partial charge in [-0.2, -0.15) is 0 Å². The zero-order valence-electron chi connectivity index (χ0n) is 44.8. The van der Waals surface area contributed by atoms with Crippen LogP contribution in [0.2, 0.25) is 0 Å². The van der Waals surface area contributed by atoms with Crippen molar-refractivity contribution in [3.05, 3.63) is 167 Å². The van der Waals surface area contributed by atoms with Crippen molar-refractivity contribution in [2.75, 3.05) is 0 Å². The van der Waals surface area contributed by atoms with E-state index < -0.39 is 24.1 Å². The summed E-state index contributed by atoms with van der Waals surface area (Å²) < 4.78 is 47.0. The largest absolute Gasteiger partial charge is 0.507 e. The molecule has 65 heavy (non-hydrogen) atoms. The van der Waals surface area contributed by atoms with Crippen molar-refractivity contribution >= 4 is 11.0 Å². The molecule has 0 unspecified atom stereocenters. The van der Waals surface area contributed by atoms with Gasteiger partial charge in [0, 0.05) is 45.4 Å². The Morgan fingerprint density at radius 1 is 0.631 bits per heavy atom. The minimum absolute atomic E-state index is 0. The number of nitrogens with zero attached hydrogens (tertiary/aromatic N) is 3. The molecule has 0 saturated heterocycles. The predicted molar refractivity (Wildman–Crippen MR) is 271 cm³/mol. The molecular formula is C60H64N3OPt-. The number of phenols is 1. The first-order valence-corrected chi connectivity index (χ1v) is 22.4. The molecule has 0 spiro atoms. The molecule has 8 rings (SSSR count). The first kappa shape index (κ1) is 40.9. The second-order valence-electron chi connectivity index (χ2n) is 20.1. The first-order valence-electron chi connectivity index (χ1n) is 24.9. The Labute approximate surface area is 409 Å². The van der Waals surface area contributed by atoms with E-state index in [2.05, 4.69) is 104 Å². The topological polar surface area (TPSA) is 50.9 Å². The fraction of sp³-hybridized carbons (Fsp3) is 0.300. The van der Waals surface area contributed by atoms with Gasteiger partial charge in [-0.05, 0) is 110 Å². The molecule has 2 aromatic heterocycles. The molecule has 2 heterocycles. The van der Waals surface area contributed by atoms with Crippen molar-refractivity contribution in [2.45, 2.75) is 118 Å². The number of pyridine rings is 1. The van der Waals surface area contributed by atoms with Crippen LogP contribution in [0.15, 0.2) is 128 Å². The van der Waals surface area contributed by atoms with Gasteiger partial charge in [-0.1, -0.05) is 179 Å². The minimum Gasteiger partial charge on any atom is -0.507 e. The van der Waals surface area contributed by atoms with Crippen molar-refractivity contribution in [1.29, 1.82) is 0 Å².